The van der Waals surface area contributed by atoms with Crippen molar-refractivity contribution >= 4 is 22.6 Å². The number of hydrogen-bond donors (Lipinski definition) is 1. The molecule has 1 aliphatic carbocycles. The molecule has 3 aliphatic rings. The lowest BCUT2D eigenvalue weighted by Gasteiger charge is -2.51. The molecular formula is C8H15IN2. The number of fused-ring (bicyclic) bond motifs is 2. The lowest BCUT2D eigenvalue weighted by atomic mass is 9.71. The Kier molecular flexibility index (Phi) is 2.39. The van der Waals surface area contributed by atoms with E-state index in [0.717, 1.165) is 22.4 Å². The van der Waals surface area contributed by atoms with Gasteiger partial charge in [-0.1, -0.05) is 22.6 Å². The second-order valence-corrected chi connectivity index (χ2v) is 5.19. The van der Waals surface area contributed by atoms with Crippen molar-refractivity contribution < 1.29 is 0 Å². The van der Waals surface area contributed by atoms with Crippen LogP contribution in [0.5, 0.6) is 0 Å². The maximum atomic E-state index is 3.22. The minimum Gasteiger partial charge on any atom is -0.307 e. The van der Waals surface area contributed by atoms with Gasteiger partial charge >= 0.3 is 0 Å². The zero-order valence-electron chi connectivity index (χ0n) is 6.89. The molecule has 1 saturated carbocycles. The van der Waals surface area contributed by atoms with Gasteiger partial charge in [-0.3, -0.25) is 4.90 Å². The highest BCUT2D eigenvalue weighted by atomic mass is 127. The van der Waals surface area contributed by atoms with E-state index < -0.39 is 0 Å². The summed E-state index contributed by atoms with van der Waals surface area (Å²) in [6.07, 6.45) is 1.49. The van der Waals surface area contributed by atoms with Crippen LogP contribution < -0.4 is 5.32 Å². The van der Waals surface area contributed by atoms with Gasteiger partial charge in [-0.05, 0) is 25.3 Å². The van der Waals surface area contributed by atoms with Crippen LogP contribution in [0.4, 0.5) is 0 Å². The second kappa shape index (κ2) is 3.18. The third-order valence-electron chi connectivity index (χ3n) is 2.87. The number of hydrogen-bond acceptors (Lipinski definition) is 2. The molecule has 2 unspecified atom stereocenters. The molecule has 3 rings (SSSR count). The van der Waals surface area contributed by atoms with Gasteiger partial charge in [0, 0.05) is 23.7 Å². The van der Waals surface area contributed by atoms with Crippen LogP contribution in [-0.4, -0.2) is 35.6 Å². The van der Waals surface area contributed by atoms with Crippen LogP contribution in [0.25, 0.3) is 0 Å². The first-order valence-corrected chi connectivity index (χ1v) is 5.57. The Balaban J connectivity index is 1.84. The standard InChI is InChI=1S/C8H15IN2/c1-10-5-11-3-6-2-7(4-11)8(6)9/h6-8,10H,2-5H2,1H3. The molecule has 11 heavy (non-hydrogen) atoms. The first kappa shape index (κ1) is 8.26. The summed E-state index contributed by atoms with van der Waals surface area (Å²) in [6.45, 7) is 3.73. The second-order valence-electron chi connectivity index (χ2n) is 3.75. The molecule has 2 heterocycles. The molecule has 0 amide bonds. The van der Waals surface area contributed by atoms with Crippen LogP contribution in [0.3, 0.4) is 0 Å². The average Bonchev–Trinajstić information content (AvgIpc) is 2.05. The maximum Gasteiger partial charge on any atom is 0.0478 e. The van der Waals surface area contributed by atoms with Crippen molar-refractivity contribution in [3.8, 4) is 0 Å². The van der Waals surface area contributed by atoms with E-state index in [4.69, 9.17) is 0 Å². The Labute approximate surface area is 81.9 Å². The predicted molar refractivity (Wildman–Crippen MR) is 54.9 cm³/mol. The molecule has 1 N–H and O–H groups in total. The Morgan fingerprint density at radius 2 is 2.09 bits per heavy atom. The molecule has 2 bridgehead atoms. The van der Waals surface area contributed by atoms with Crippen LogP contribution in [0.2, 0.25) is 0 Å². The summed E-state index contributed by atoms with van der Waals surface area (Å²) < 4.78 is 0.987. The molecule has 0 aromatic carbocycles. The Hall–Kier alpha value is 0.650. The molecule has 2 atom stereocenters. The summed E-state index contributed by atoms with van der Waals surface area (Å²) in [5.41, 5.74) is 0. The molecule has 0 spiro atoms. The van der Waals surface area contributed by atoms with Gasteiger partial charge in [-0.2, -0.15) is 0 Å². The fourth-order valence-corrected chi connectivity index (χ4v) is 3.32. The van der Waals surface area contributed by atoms with Gasteiger partial charge in [0.1, 0.15) is 0 Å². The van der Waals surface area contributed by atoms with Crippen molar-refractivity contribution in [1.82, 2.24) is 10.2 Å². The Morgan fingerprint density at radius 1 is 1.45 bits per heavy atom. The quantitative estimate of drug-likeness (QED) is 0.590. The summed E-state index contributed by atoms with van der Waals surface area (Å²) in [5, 5.41) is 3.22. The maximum absolute atomic E-state index is 3.22. The van der Waals surface area contributed by atoms with Crippen LogP contribution in [0.1, 0.15) is 6.42 Å². The Morgan fingerprint density at radius 3 is 2.55 bits per heavy atom. The average molecular weight is 266 g/mol. The molecule has 3 fully saturated rings. The van der Waals surface area contributed by atoms with E-state index in [2.05, 4.69) is 32.8 Å². The molecule has 2 aliphatic heterocycles. The van der Waals surface area contributed by atoms with Crippen molar-refractivity contribution in [2.45, 2.75) is 10.3 Å². The van der Waals surface area contributed by atoms with E-state index in [-0.39, 0.29) is 0 Å². The van der Waals surface area contributed by atoms with Crippen LogP contribution in [-0.2, 0) is 0 Å². The van der Waals surface area contributed by atoms with E-state index in [1.165, 1.54) is 19.5 Å². The topological polar surface area (TPSA) is 15.3 Å². The van der Waals surface area contributed by atoms with Gasteiger partial charge in [0.15, 0.2) is 0 Å². The number of nitrogens with one attached hydrogen (secondary N) is 1. The van der Waals surface area contributed by atoms with Crippen LogP contribution in [0.15, 0.2) is 0 Å². The molecule has 2 saturated heterocycles. The molecule has 64 valence electrons. The smallest absolute Gasteiger partial charge is 0.0478 e. The highest BCUT2D eigenvalue weighted by Gasteiger charge is 2.44. The van der Waals surface area contributed by atoms with E-state index in [0.29, 0.717) is 0 Å². The van der Waals surface area contributed by atoms with Crippen molar-refractivity contribution in [2.75, 3.05) is 26.8 Å². The molecule has 0 aromatic heterocycles. The fourth-order valence-electron chi connectivity index (χ4n) is 2.28. The van der Waals surface area contributed by atoms with Crippen LogP contribution in [0, 0.1) is 11.8 Å². The number of halogens is 1. The van der Waals surface area contributed by atoms with Crippen LogP contribution >= 0.6 is 22.6 Å². The summed E-state index contributed by atoms with van der Waals surface area (Å²) in [5.74, 6) is 2.00. The van der Waals surface area contributed by atoms with Crippen molar-refractivity contribution in [1.29, 1.82) is 0 Å². The number of rotatable bonds is 2. The summed E-state index contributed by atoms with van der Waals surface area (Å²) in [4.78, 5) is 2.54. The fraction of sp³-hybridized carbons (Fsp3) is 1.00. The van der Waals surface area contributed by atoms with E-state index in [1.54, 1.807) is 0 Å². The molecule has 0 radical (unpaired) electrons. The largest absolute Gasteiger partial charge is 0.307 e. The van der Waals surface area contributed by atoms with Gasteiger partial charge in [0.2, 0.25) is 0 Å². The predicted octanol–water partition coefficient (Wildman–Crippen LogP) is 0.919. The number of piperidine rings is 2. The highest BCUT2D eigenvalue weighted by Crippen LogP contribution is 2.44. The van der Waals surface area contributed by atoms with Gasteiger partial charge < -0.3 is 5.32 Å². The van der Waals surface area contributed by atoms with Crippen molar-refractivity contribution in [3.05, 3.63) is 0 Å². The van der Waals surface area contributed by atoms with Gasteiger partial charge in [-0.25, -0.2) is 0 Å². The summed E-state index contributed by atoms with van der Waals surface area (Å²) >= 11 is 2.62. The van der Waals surface area contributed by atoms with Crippen molar-refractivity contribution in [2.24, 2.45) is 11.8 Å². The highest BCUT2D eigenvalue weighted by molar-refractivity contribution is 14.1. The monoisotopic (exact) mass is 266 g/mol. The number of nitrogens with zero attached hydrogens (tertiary/aromatic N) is 1. The van der Waals surface area contributed by atoms with E-state index in [1.807, 2.05) is 7.05 Å². The minimum atomic E-state index is 0.987. The molecule has 0 aromatic rings. The molecular weight excluding hydrogens is 251 g/mol. The van der Waals surface area contributed by atoms with Gasteiger partial charge in [0.05, 0.1) is 0 Å². The lowest BCUT2D eigenvalue weighted by Crippen LogP contribution is -2.57. The third kappa shape index (κ3) is 1.42. The normalized spacial score (nSPS) is 43.6. The van der Waals surface area contributed by atoms with E-state index >= 15 is 0 Å². The Bertz CT molecular complexity index is 139. The summed E-state index contributed by atoms with van der Waals surface area (Å²) in [7, 11) is 2.03. The molecule has 2 nitrogen and oxygen atoms in total. The third-order valence-corrected chi connectivity index (χ3v) is 4.91. The first-order valence-electron chi connectivity index (χ1n) is 4.32. The molecule has 3 heteroatoms. The number of alkyl halides is 1. The van der Waals surface area contributed by atoms with Gasteiger partial charge in [0.25, 0.3) is 0 Å². The van der Waals surface area contributed by atoms with E-state index in [9.17, 15) is 0 Å². The minimum absolute atomic E-state index is 0.987. The first-order chi connectivity index (χ1) is 5.31. The zero-order chi connectivity index (χ0) is 7.84. The lowest BCUT2D eigenvalue weighted by molar-refractivity contribution is 0.0392. The van der Waals surface area contributed by atoms with Gasteiger partial charge in [-0.15, -0.1) is 0 Å². The van der Waals surface area contributed by atoms with Crippen molar-refractivity contribution in [3.63, 3.8) is 0 Å². The summed E-state index contributed by atoms with van der Waals surface area (Å²) in [6, 6.07) is 0. The SMILES string of the molecule is CNCN1CC2CC(C1)C2I. The zero-order valence-corrected chi connectivity index (χ0v) is 9.04.